The third kappa shape index (κ3) is 3.66. The minimum atomic E-state index is -4.43. The van der Waals surface area contributed by atoms with Crippen LogP contribution in [-0.4, -0.2) is 6.03 Å². The van der Waals surface area contributed by atoms with Gasteiger partial charge in [0.05, 0.1) is 5.56 Å². The van der Waals surface area contributed by atoms with E-state index in [0.29, 0.717) is 16.8 Å². The summed E-state index contributed by atoms with van der Waals surface area (Å²) < 4.78 is 37.7. The molecule has 2 aromatic carbocycles. The molecule has 2 aromatic rings. The van der Waals surface area contributed by atoms with E-state index >= 15 is 0 Å². The third-order valence-electron chi connectivity index (χ3n) is 2.76. The van der Waals surface area contributed by atoms with Crippen LogP contribution in [0.2, 0.25) is 5.02 Å². The molecule has 7 heteroatoms. The first-order valence-corrected chi connectivity index (χ1v) is 6.19. The topological polar surface area (TPSA) is 55.1 Å². The summed E-state index contributed by atoms with van der Waals surface area (Å²) in [6, 6.07) is 8.86. The van der Waals surface area contributed by atoms with Gasteiger partial charge in [-0.05, 0) is 29.8 Å². The van der Waals surface area contributed by atoms with Gasteiger partial charge in [0.25, 0.3) is 0 Å². The smallest absolute Gasteiger partial charge is 0.351 e. The highest BCUT2D eigenvalue weighted by molar-refractivity contribution is 6.33. The van der Waals surface area contributed by atoms with Gasteiger partial charge in [-0.1, -0.05) is 29.8 Å². The Bertz CT molecular complexity index is 669. The number of carbonyl (C=O) groups is 1. The second kappa shape index (κ2) is 5.65. The minimum absolute atomic E-state index is 0.000403. The molecule has 2 rings (SSSR count). The molecule has 0 radical (unpaired) electrons. The molecular weight excluding hydrogens is 305 g/mol. The zero-order valence-corrected chi connectivity index (χ0v) is 11.3. The molecule has 0 aliphatic rings. The molecule has 0 aliphatic heterocycles. The molecule has 0 spiro atoms. The van der Waals surface area contributed by atoms with Gasteiger partial charge in [0, 0.05) is 16.3 Å². The van der Waals surface area contributed by atoms with Crippen molar-refractivity contribution in [3.63, 3.8) is 0 Å². The predicted octanol–water partition coefficient (Wildman–Crippen LogP) is 4.52. The van der Waals surface area contributed by atoms with E-state index in [2.05, 4.69) is 5.32 Å². The van der Waals surface area contributed by atoms with Gasteiger partial charge < -0.3 is 11.1 Å². The van der Waals surface area contributed by atoms with Crippen LogP contribution in [0.5, 0.6) is 0 Å². The Labute approximate surface area is 123 Å². The molecule has 0 bridgehead atoms. The van der Waals surface area contributed by atoms with E-state index < -0.39 is 17.8 Å². The highest BCUT2D eigenvalue weighted by Crippen LogP contribution is 2.35. The monoisotopic (exact) mass is 314 g/mol. The van der Waals surface area contributed by atoms with Crippen molar-refractivity contribution in [3.05, 3.63) is 53.1 Å². The van der Waals surface area contributed by atoms with Crippen molar-refractivity contribution < 1.29 is 18.0 Å². The summed E-state index contributed by atoms with van der Waals surface area (Å²) in [6.07, 6.45) is -4.43. The van der Waals surface area contributed by atoms with Crippen LogP contribution in [0.15, 0.2) is 42.5 Å². The Balaban J connectivity index is 2.32. The van der Waals surface area contributed by atoms with Gasteiger partial charge in [0.1, 0.15) is 0 Å². The molecule has 0 saturated heterocycles. The van der Waals surface area contributed by atoms with Crippen molar-refractivity contribution in [1.82, 2.24) is 0 Å². The average molecular weight is 315 g/mol. The van der Waals surface area contributed by atoms with E-state index in [1.807, 2.05) is 0 Å². The second-order valence-electron chi connectivity index (χ2n) is 4.26. The van der Waals surface area contributed by atoms with E-state index in [9.17, 15) is 18.0 Å². The summed E-state index contributed by atoms with van der Waals surface area (Å²) in [5.74, 6) is 0. The number of hydrogen-bond acceptors (Lipinski definition) is 1. The zero-order chi connectivity index (χ0) is 15.6. The number of anilines is 1. The summed E-state index contributed by atoms with van der Waals surface area (Å²) in [4.78, 5) is 10.7. The van der Waals surface area contributed by atoms with Gasteiger partial charge in [-0.25, -0.2) is 4.79 Å². The molecule has 0 heterocycles. The Morgan fingerprint density at radius 3 is 2.19 bits per heavy atom. The van der Waals surface area contributed by atoms with Crippen LogP contribution in [0.4, 0.5) is 23.7 Å². The van der Waals surface area contributed by atoms with Crippen molar-refractivity contribution in [2.75, 3.05) is 5.32 Å². The first kappa shape index (κ1) is 15.2. The fourth-order valence-corrected chi connectivity index (χ4v) is 2.09. The number of halogens is 4. The highest BCUT2D eigenvalue weighted by atomic mass is 35.5. The number of benzene rings is 2. The number of nitrogens with two attached hydrogens (primary N) is 1. The largest absolute Gasteiger partial charge is 0.416 e. The van der Waals surface area contributed by atoms with Crippen LogP contribution >= 0.6 is 11.6 Å². The highest BCUT2D eigenvalue weighted by Gasteiger charge is 2.30. The summed E-state index contributed by atoms with van der Waals surface area (Å²) in [5, 5.41) is 2.38. The lowest BCUT2D eigenvalue weighted by atomic mass is 10.0. The van der Waals surface area contributed by atoms with Crippen molar-refractivity contribution >= 4 is 23.3 Å². The van der Waals surface area contributed by atoms with Crippen molar-refractivity contribution in [1.29, 1.82) is 0 Å². The molecule has 0 unspecified atom stereocenters. The maximum Gasteiger partial charge on any atom is 0.416 e. The number of primary amides is 1. The molecule has 21 heavy (non-hydrogen) atoms. The number of urea groups is 1. The molecule has 0 fully saturated rings. The van der Waals surface area contributed by atoms with Crippen LogP contribution in [0.25, 0.3) is 11.1 Å². The maximum absolute atomic E-state index is 12.6. The SMILES string of the molecule is NC(=O)Nc1ccc(-c2ccc(C(F)(F)F)cc2Cl)cc1. The molecule has 0 aliphatic carbocycles. The van der Waals surface area contributed by atoms with Gasteiger partial charge in [-0.15, -0.1) is 0 Å². The quantitative estimate of drug-likeness (QED) is 0.841. The summed E-state index contributed by atoms with van der Waals surface area (Å²) in [6.45, 7) is 0. The second-order valence-corrected chi connectivity index (χ2v) is 4.67. The van der Waals surface area contributed by atoms with Crippen LogP contribution in [0, 0.1) is 0 Å². The number of carbonyl (C=O) groups excluding carboxylic acids is 1. The van der Waals surface area contributed by atoms with Crippen LogP contribution in [0.1, 0.15) is 5.56 Å². The number of rotatable bonds is 2. The molecule has 3 N–H and O–H groups in total. The fourth-order valence-electron chi connectivity index (χ4n) is 1.80. The van der Waals surface area contributed by atoms with Crippen LogP contribution < -0.4 is 11.1 Å². The Kier molecular flexibility index (Phi) is 4.09. The lowest BCUT2D eigenvalue weighted by molar-refractivity contribution is -0.137. The number of hydrogen-bond donors (Lipinski definition) is 2. The van der Waals surface area contributed by atoms with Crippen LogP contribution in [-0.2, 0) is 6.18 Å². The zero-order valence-electron chi connectivity index (χ0n) is 10.5. The molecular formula is C14H10ClF3N2O. The Morgan fingerprint density at radius 2 is 1.71 bits per heavy atom. The van der Waals surface area contributed by atoms with E-state index in [1.165, 1.54) is 6.07 Å². The first-order valence-electron chi connectivity index (χ1n) is 5.81. The van der Waals surface area contributed by atoms with Gasteiger partial charge in [0.15, 0.2) is 0 Å². The normalized spacial score (nSPS) is 11.2. The summed E-state index contributed by atoms with van der Waals surface area (Å²) in [5.41, 5.74) is 5.75. The van der Waals surface area contributed by atoms with Gasteiger partial charge in [0.2, 0.25) is 0 Å². The maximum atomic E-state index is 12.6. The van der Waals surface area contributed by atoms with Crippen molar-refractivity contribution in [2.45, 2.75) is 6.18 Å². The van der Waals surface area contributed by atoms with Crippen molar-refractivity contribution in [3.8, 4) is 11.1 Å². The lowest BCUT2D eigenvalue weighted by Crippen LogP contribution is -2.19. The summed E-state index contributed by atoms with van der Waals surface area (Å²) >= 11 is 5.90. The molecule has 3 nitrogen and oxygen atoms in total. The molecule has 0 saturated carbocycles. The number of alkyl halides is 3. The standard InChI is InChI=1S/C14H10ClF3N2O/c15-12-7-9(14(16,17)18)3-6-11(12)8-1-4-10(5-2-8)20-13(19)21/h1-7H,(H3,19,20,21). The molecule has 0 atom stereocenters. The van der Waals surface area contributed by atoms with Gasteiger partial charge in [-0.3, -0.25) is 0 Å². The number of amides is 2. The average Bonchev–Trinajstić information content (AvgIpc) is 2.38. The Morgan fingerprint density at radius 1 is 1.10 bits per heavy atom. The minimum Gasteiger partial charge on any atom is -0.351 e. The lowest BCUT2D eigenvalue weighted by Gasteiger charge is -2.10. The van der Waals surface area contributed by atoms with E-state index in [0.717, 1.165) is 12.1 Å². The van der Waals surface area contributed by atoms with E-state index in [4.69, 9.17) is 17.3 Å². The van der Waals surface area contributed by atoms with Gasteiger partial charge in [-0.2, -0.15) is 13.2 Å². The Hall–Kier alpha value is -2.21. The fraction of sp³-hybridized carbons (Fsp3) is 0.0714. The van der Waals surface area contributed by atoms with Crippen LogP contribution in [0.3, 0.4) is 0 Å². The third-order valence-corrected chi connectivity index (χ3v) is 3.07. The predicted molar refractivity (Wildman–Crippen MR) is 75.1 cm³/mol. The van der Waals surface area contributed by atoms with E-state index in [-0.39, 0.29) is 5.02 Å². The first-order chi connectivity index (χ1) is 9.77. The van der Waals surface area contributed by atoms with Gasteiger partial charge >= 0.3 is 12.2 Å². The molecule has 0 aromatic heterocycles. The van der Waals surface area contributed by atoms with Crippen molar-refractivity contribution in [2.24, 2.45) is 5.73 Å². The summed E-state index contributed by atoms with van der Waals surface area (Å²) in [7, 11) is 0. The molecule has 2 amide bonds. The molecule has 110 valence electrons. The van der Waals surface area contributed by atoms with E-state index in [1.54, 1.807) is 24.3 Å². The number of nitrogens with one attached hydrogen (secondary N) is 1.